The molecule has 0 radical (unpaired) electrons. The van der Waals surface area contributed by atoms with E-state index in [2.05, 4.69) is 9.97 Å². The number of amides is 1. The molecule has 0 unspecified atom stereocenters. The molecule has 7 heteroatoms. The summed E-state index contributed by atoms with van der Waals surface area (Å²) in [6.45, 7) is -0.478. The van der Waals surface area contributed by atoms with Crippen LogP contribution in [-0.4, -0.2) is 33.5 Å². The van der Waals surface area contributed by atoms with Gasteiger partial charge in [0, 0.05) is 23.1 Å². The van der Waals surface area contributed by atoms with Crippen LogP contribution in [0.25, 0.3) is 0 Å². The van der Waals surface area contributed by atoms with Crippen molar-refractivity contribution < 1.29 is 14.7 Å². The van der Waals surface area contributed by atoms with Gasteiger partial charge in [-0.2, -0.15) is 0 Å². The van der Waals surface area contributed by atoms with Gasteiger partial charge in [-0.05, 0) is 18.2 Å². The van der Waals surface area contributed by atoms with Crippen LogP contribution in [-0.2, 0) is 4.79 Å². The molecule has 0 bridgehead atoms. The average Bonchev–Trinajstić information content (AvgIpc) is 2.45. The van der Waals surface area contributed by atoms with Gasteiger partial charge in [-0.25, -0.2) is 9.97 Å². The smallest absolute Gasteiger partial charge is 0.323 e. The fourth-order valence-corrected chi connectivity index (χ4v) is 1.81. The lowest BCUT2D eigenvalue weighted by atomic mass is 10.2. The first-order valence-corrected chi connectivity index (χ1v) is 6.00. The molecule has 1 aromatic heterocycles. The summed E-state index contributed by atoms with van der Waals surface area (Å²) in [5, 5.41) is 9.36. The van der Waals surface area contributed by atoms with Crippen LogP contribution in [0.4, 0.5) is 5.69 Å². The lowest BCUT2D eigenvalue weighted by molar-refractivity contribution is -0.135. The maximum Gasteiger partial charge on any atom is 0.323 e. The minimum absolute atomic E-state index is 0.203. The Hall–Kier alpha value is -2.47. The number of nitrogens with zero attached hydrogens (tertiary/aromatic N) is 3. The molecule has 0 saturated carbocycles. The highest BCUT2D eigenvalue weighted by Crippen LogP contribution is 2.21. The third-order valence-corrected chi connectivity index (χ3v) is 2.70. The number of aromatic nitrogens is 2. The number of carboxylic acid groups (broad SMARTS) is 1. The van der Waals surface area contributed by atoms with Gasteiger partial charge >= 0.3 is 5.97 Å². The average molecular weight is 292 g/mol. The molecule has 1 heterocycles. The van der Waals surface area contributed by atoms with Gasteiger partial charge in [0.15, 0.2) is 0 Å². The van der Waals surface area contributed by atoms with E-state index in [1.54, 1.807) is 18.2 Å². The van der Waals surface area contributed by atoms with E-state index in [1.165, 1.54) is 24.8 Å². The Bertz CT molecular complexity index is 634. The number of anilines is 1. The fourth-order valence-electron chi connectivity index (χ4n) is 1.62. The van der Waals surface area contributed by atoms with Crippen molar-refractivity contribution in [2.45, 2.75) is 0 Å². The van der Waals surface area contributed by atoms with Crippen LogP contribution in [0.3, 0.4) is 0 Å². The van der Waals surface area contributed by atoms with E-state index in [0.29, 0.717) is 10.7 Å². The summed E-state index contributed by atoms with van der Waals surface area (Å²) in [6.07, 6.45) is 3.95. The second kappa shape index (κ2) is 6.12. The summed E-state index contributed by atoms with van der Waals surface area (Å²) in [4.78, 5) is 31.9. The maximum atomic E-state index is 12.3. The zero-order valence-electron chi connectivity index (χ0n) is 10.2. The van der Waals surface area contributed by atoms with Crippen LogP contribution in [0.1, 0.15) is 10.4 Å². The van der Waals surface area contributed by atoms with E-state index in [-0.39, 0.29) is 5.56 Å². The summed E-state index contributed by atoms with van der Waals surface area (Å²) in [7, 11) is 0. The quantitative estimate of drug-likeness (QED) is 0.929. The SMILES string of the molecule is O=C(O)CN(C(=O)c1cncnc1)c1cccc(Cl)c1. The van der Waals surface area contributed by atoms with Gasteiger partial charge in [0.05, 0.1) is 5.56 Å². The largest absolute Gasteiger partial charge is 0.480 e. The molecule has 0 atom stereocenters. The predicted molar refractivity (Wildman–Crippen MR) is 72.8 cm³/mol. The van der Waals surface area contributed by atoms with Crippen molar-refractivity contribution in [3.05, 3.63) is 53.6 Å². The van der Waals surface area contributed by atoms with Gasteiger partial charge in [0.2, 0.25) is 0 Å². The van der Waals surface area contributed by atoms with Gasteiger partial charge in [-0.3, -0.25) is 14.5 Å². The normalized spacial score (nSPS) is 10.1. The van der Waals surface area contributed by atoms with Crippen molar-refractivity contribution in [2.75, 3.05) is 11.4 Å². The van der Waals surface area contributed by atoms with Gasteiger partial charge in [-0.1, -0.05) is 17.7 Å². The minimum atomic E-state index is -1.13. The molecule has 0 aliphatic heterocycles. The fraction of sp³-hybridized carbons (Fsp3) is 0.0769. The molecule has 0 aliphatic carbocycles. The van der Waals surface area contributed by atoms with Gasteiger partial charge in [0.25, 0.3) is 5.91 Å². The number of halogens is 1. The highest BCUT2D eigenvalue weighted by Gasteiger charge is 2.21. The molecule has 1 aromatic carbocycles. The minimum Gasteiger partial charge on any atom is -0.480 e. The molecule has 0 aliphatic rings. The zero-order chi connectivity index (χ0) is 14.5. The molecule has 0 fully saturated rings. The highest BCUT2D eigenvalue weighted by molar-refractivity contribution is 6.31. The van der Waals surface area contributed by atoms with E-state index >= 15 is 0 Å². The number of rotatable bonds is 4. The molecule has 1 N–H and O–H groups in total. The molecule has 2 aromatic rings. The number of benzene rings is 1. The molecule has 6 nitrogen and oxygen atoms in total. The van der Waals surface area contributed by atoms with Crippen LogP contribution in [0.15, 0.2) is 43.0 Å². The molecule has 102 valence electrons. The Morgan fingerprint density at radius 3 is 2.55 bits per heavy atom. The van der Waals surface area contributed by atoms with E-state index < -0.39 is 18.4 Å². The van der Waals surface area contributed by atoms with Gasteiger partial charge in [0.1, 0.15) is 12.9 Å². The summed E-state index contributed by atoms with van der Waals surface area (Å²) in [6, 6.07) is 6.41. The van der Waals surface area contributed by atoms with Crippen LogP contribution in [0.2, 0.25) is 5.02 Å². The van der Waals surface area contributed by atoms with E-state index in [1.807, 2.05) is 0 Å². The Morgan fingerprint density at radius 2 is 1.95 bits per heavy atom. The lowest BCUT2D eigenvalue weighted by Gasteiger charge is -2.20. The standard InChI is InChI=1S/C13H10ClN3O3/c14-10-2-1-3-11(4-10)17(7-12(18)19)13(20)9-5-15-8-16-6-9/h1-6,8H,7H2,(H,18,19). The Morgan fingerprint density at radius 1 is 1.25 bits per heavy atom. The first kappa shape index (κ1) is 14.0. The molecule has 0 spiro atoms. The van der Waals surface area contributed by atoms with Crippen LogP contribution >= 0.6 is 11.6 Å². The first-order valence-electron chi connectivity index (χ1n) is 5.62. The van der Waals surface area contributed by atoms with Crippen LogP contribution in [0.5, 0.6) is 0 Å². The number of hydrogen-bond donors (Lipinski definition) is 1. The van der Waals surface area contributed by atoms with Crippen molar-refractivity contribution in [2.24, 2.45) is 0 Å². The summed E-state index contributed by atoms with van der Waals surface area (Å²) < 4.78 is 0. The summed E-state index contributed by atoms with van der Waals surface area (Å²) in [5.74, 6) is -1.63. The highest BCUT2D eigenvalue weighted by atomic mass is 35.5. The van der Waals surface area contributed by atoms with Crippen molar-refractivity contribution in [3.8, 4) is 0 Å². The molecular formula is C13H10ClN3O3. The third kappa shape index (κ3) is 3.30. The monoisotopic (exact) mass is 291 g/mol. The molecule has 20 heavy (non-hydrogen) atoms. The Labute approximate surface area is 119 Å². The number of carbonyl (C=O) groups is 2. The lowest BCUT2D eigenvalue weighted by Crippen LogP contribution is -2.35. The van der Waals surface area contributed by atoms with Crippen molar-refractivity contribution in [1.82, 2.24) is 9.97 Å². The van der Waals surface area contributed by atoms with Gasteiger partial charge in [-0.15, -0.1) is 0 Å². The number of carboxylic acids is 1. The topological polar surface area (TPSA) is 83.4 Å². The first-order chi connectivity index (χ1) is 9.58. The predicted octanol–water partition coefficient (Wildman–Crippen LogP) is 1.86. The van der Waals surface area contributed by atoms with E-state index in [0.717, 1.165) is 4.90 Å². The Balaban J connectivity index is 2.38. The maximum absolute atomic E-state index is 12.3. The van der Waals surface area contributed by atoms with Crippen molar-refractivity contribution in [1.29, 1.82) is 0 Å². The molecular weight excluding hydrogens is 282 g/mol. The zero-order valence-corrected chi connectivity index (χ0v) is 11.0. The molecule has 1 amide bonds. The summed E-state index contributed by atoms with van der Waals surface area (Å²) >= 11 is 5.87. The number of hydrogen-bond acceptors (Lipinski definition) is 4. The van der Waals surface area contributed by atoms with Crippen molar-refractivity contribution in [3.63, 3.8) is 0 Å². The second-order valence-electron chi connectivity index (χ2n) is 3.89. The third-order valence-electron chi connectivity index (χ3n) is 2.47. The van der Waals surface area contributed by atoms with E-state index in [9.17, 15) is 9.59 Å². The van der Waals surface area contributed by atoms with Gasteiger partial charge < -0.3 is 5.11 Å². The molecule has 2 rings (SSSR count). The molecule has 0 saturated heterocycles. The number of aliphatic carboxylic acids is 1. The van der Waals surface area contributed by atoms with E-state index in [4.69, 9.17) is 16.7 Å². The second-order valence-corrected chi connectivity index (χ2v) is 4.33. The van der Waals surface area contributed by atoms with Crippen LogP contribution in [0, 0.1) is 0 Å². The van der Waals surface area contributed by atoms with Crippen LogP contribution < -0.4 is 4.90 Å². The van der Waals surface area contributed by atoms with Crippen molar-refractivity contribution >= 4 is 29.2 Å². The summed E-state index contributed by atoms with van der Waals surface area (Å²) in [5.41, 5.74) is 0.600. The number of carbonyl (C=O) groups excluding carboxylic acids is 1. The Kier molecular flexibility index (Phi) is 4.27.